The standard InChI is InChI=1S/C31H33N3O5/c1-3-21-16-11-17-22(4-2)29(21)32-26(35)20-39-31(38)25-18-27(36)34(19-25)33-30(37)28(23-12-7-5-8-13-23)24-14-9-6-10-15-24/h5-17,25,28H,3-4,18-20H2,1-2H3,(H,32,35)(H,33,37)/t25-/m1/s1. The molecule has 0 unspecified atom stereocenters. The van der Waals surface area contributed by atoms with E-state index in [1.54, 1.807) is 0 Å². The second kappa shape index (κ2) is 12.9. The number of nitrogens with zero attached hydrogens (tertiary/aromatic N) is 1. The predicted octanol–water partition coefficient (Wildman–Crippen LogP) is 4.00. The summed E-state index contributed by atoms with van der Waals surface area (Å²) in [5.74, 6) is -3.28. The van der Waals surface area contributed by atoms with Crippen LogP contribution >= 0.6 is 0 Å². The Kier molecular flexibility index (Phi) is 9.10. The summed E-state index contributed by atoms with van der Waals surface area (Å²) in [7, 11) is 0. The van der Waals surface area contributed by atoms with Crippen LogP contribution in [0.25, 0.3) is 0 Å². The van der Waals surface area contributed by atoms with Gasteiger partial charge in [-0.1, -0.05) is 92.7 Å². The molecule has 0 radical (unpaired) electrons. The van der Waals surface area contributed by atoms with Gasteiger partial charge in [-0.2, -0.15) is 0 Å². The summed E-state index contributed by atoms with van der Waals surface area (Å²) < 4.78 is 5.25. The molecular formula is C31H33N3O5. The number of carbonyl (C=O) groups excluding carboxylic acids is 4. The molecule has 0 aliphatic carbocycles. The van der Waals surface area contributed by atoms with Gasteiger partial charge in [-0.15, -0.1) is 0 Å². The number of rotatable bonds is 10. The third kappa shape index (κ3) is 6.71. The molecule has 1 aliphatic heterocycles. The van der Waals surface area contributed by atoms with Crippen LogP contribution < -0.4 is 10.7 Å². The Morgan fingerprint density at radius 2 is 1.44 bits per heavy atom. The molecule has 0 bridgehead atoms. The van der Waals surface area contributed by atoms with E-state index in [4.69, 9.17) is 4.74 Å². The van der Waals surface area contributed by atoms with Gasteiger partial charge in [0.15, 0.2) is 6.61 Å². The molecular weight excluding hydrogens is 494 g/mol. The molecule has 4 rings (SSSR count). The highest BCUT2D eigenvalue weighted by atomic mass is 16.5. The minimum absolute atomic E-state index is 0.0278. The molecule has 3 amide bonds. The fourth-order valence-corrected chi connectivity index (χ4v) is 4.79. The first-order chi connectivity index (χ1) is 18.9. The maximum atomic E-state index is 13.3. The monoisotopic (exact) mass is 527 g/mol. The van der Waals surface area contributed by atoms with Crippen LogP contribution in [0.2, 0.25) is 0 Å². The molecule has 8 nitrogen and oxygen atoms in total. The normalized spacial score (nSPS) is 14.8. The van der Waals surface area contributed by atoms with E-state index < -0.39 is 30.3 Å². The largest absolute Gasteiger partial charge is 0.455 e. The molecule has 0 aromatic heterocycles. The lowest BCUT2D eigenvalue weighted by Crippen LogP contribution is -2.45. The Bertz CT molecular complexity index is 1260. The van der Waals surface area contributed by atoms with Crippen molar-refractivity contribution in [3.8, 4) is 0 Å². The molecule has 1 atom stereocenters. The van der Waals surface area contributed by atoms with Gasteiger partial charge in [-0.3, -0.25) is 29.6 Å². The van der Waals surface area contributed by atoms with Crippen molar-refractivity contribution in [1.82, 2.24) is 10.4 Å². The number of hydrogen-bond acceptors (Lipinski definition) is 5. The summed E-state index contributed by atoms with van der Waals surface area (Å²) >= 11 is 0. The Hall–Kier alpha value is -4.46. The average molecular weight is 528 g/mol. The van der Waals surface area contributed by atoms with E-state index >= 15 is 0 Å². The third-order valence-corrected chi connectivity index (χ3v) is 6.84. The smallest absolute Gasteiger partial charge is 0.311 e. The number of esters is 1. The topological polar surface area (TPSA) is 105 Å². The lowest BCUT2D eigenvalue weighted by Gasteiger charge is -2.23. The second-order valence-corrected chi connectivity index (χ2v) is 9.45. The van der Waals surface area contributed by atoms with Crippen LogP contribution in [0.5, 0.6) is 0 Å². The number of anilines is 1. The highest BCUT2D eigenvalue weighted by molar-refractivity contribution is 5.95. The molecule has 0 spiro atoms. The van der Waals surface area contributed by atoms with Crippen molar-refractivity contribution in [1.29, 1.82) is 0 Å². The van der Waals surface area contributed by atoms with Gasteiger partial charge in [0.25, 0.3) is 11.8 Å². The SMILES string of the molecule is CCc1cccc(CC)c1NC(=O)COC(=O)[C@@H]1CC(=O)N(NC(=O)C(c2ccccc2)c2ccccc2)C1. The van der Waals surface area contributed by atoms with E-state index in [-0.39, 0.29) is 24.8 Å². The maximum Gasteiger partial charge on any atom is 0.311 e. The second-order valence-electron chi connectivity index (χ2n) is 9.45. The van der Waals surface area contributed by atoms with E-state index in [9.17, 15) is 19.2 Å². The molecule has 3 aromatic carbocycles. The molecule has 8 heteroatoms. The van der Waals surface area contributed by atoms with E-state index in [0.717, 1.165) is 45.8 Å². The van der Waals surface area contributed by atoms with Crippen LogP contribution in [0.3, 0.4) is 0 Å². The number of hydrogen-bond donors (Lipinski definition) is 2. The minimum Gasteiger partial charge on any atom is -0.455 e. The van der Waals surface area contributed by atoms with Gasteiger partial charge in [0.1, 0.15) is 0 Å². The van der Waals surface area contributed by atoms with E-state index in [1.807, 2.05) is 92.7 Å². The minimum atomic E-state index is -0.786. The van der Waals surface area contributed by atoms with Crippen LogP contribution in [0, 0.1) is 5.92 Å². The number of ether oxygens (including phenoxy) is 1. The Labute approximate surface area is 228 Å². The first kappa shape index (κ1) is 27.6. The van der Waals surface area contributed by atoms with Gasteiger partial charge < -0.3 is 10.1 Å². The van der Waals surface area contributed by atoms with Crippen molar-refractivity contribution in [2.75, 3.05) is 18.5 Å². The summed E-state index contributed by atoms with van der Waals surface area (Å²) in [6, 6.07) is 24.4. The van der Waals surface area contributed by atoms with Gasteiger partial charge >= 0.3 is 5.97 Å². The molecule has 39 heavy (non-hydrogen) atoms. The summed E-state index contributed by atoms with van der Waals surface area (Å²) in [5, 5.41) is 4.03. The summed E-state index contributed by atoms with van der Waals surface area (Å²) in [6.45, 7) is 3.53. The average Bonchev–Trinajstić information content (AvgIpc) is 3.32. The molecule has 1 fully saturated rings. The van der Waals surface area contributed by atoms with Crippen LogP contribution in [0.15, 0.2) is 78.9 Å². The van der Waals surface area contributed by atoms with Crippen molar-refractivity contribution in [2.24, 2.45) is 5.92 Å². The number of para-hydroxylation sites is 1. The van der Waals surface area contributed by atoms with Crippen LogP contribution in [-0.4, -0.2) is 41.9 Å². The number of hydrazine groups is 1. The Morgan fingerprint density at radius 1 is 0.872 bits per heavy atom. The first-order valence-electron chi connectivity index (χ1n) is 13.2. The highest BCUT2D eigenvalue weighted by Crippen LogP contribution is 2.26. The zero-order valence-electron chi connectivity index (χ0n) is 22.2. The Balaban J connectivity index is 1.35. The molecule has 202 valence electrons. The third-order valence-electron chi connectivity index (χ3n) is 6.84. The fraction of sp³-hybridized carbons (Fsp3) is 0.290. The summed E-state index contributed by atoms with van der Waals surface area (Å²) in [6.07, 6.45) is 1.40. The quantitative estimate of drug-likeness (QED) is 0.388. The number of carbonyl (C=O) groups is 4. The van der Waals surface area contributed by atoms with Crippen molar-refractivity contribution < 1.29 is 23.9 Å². The van der Waals surface area contributed by atoms with E-state index in [1.165, 1.54) is 0 Å². The fourth-order valence-electron chi connectivity index (χ4n) is 4.79. The molecule has 1 aliphatic rings. The molecule has 2 N–H and O–H groups in total. The molecule has 3 aromatic rings. The number of benzene rings is 3. The first-order valence-corrected chi connectivity index (χ1v) is 13.2. The summed E-state index contributed by atoms with van der Waals surface area (Å²) in [4.78, 5) is 51.3. The van der Waals surface area contributed by atoms with E-state index in [0.29, 0.717) is 0 Å². The van der Waals surface area contributed by atoms with Crippen molar-refractivity contribution in [2.45, 2.75) is 39.0 Å². The highest BCUT2D eigenvalue weighted by Gasteiger charge is 2.38. The van der Waals surface area contributed by atoms with Gasteiger partial charge in [0, 0.05) is 12.1 Å². The Morgan fingerprint density at radius 3 is 1.97 bits per heavy atom. The van der Waals surface area contributed by atoms with Crippen molar-refractivity contribution in [3.63, 3.8) is 0 Å². The zero-order valence-corrected chi connectivity index (χ0v) is 22.2. The maximum absolute atomic E-state index is 13.3. The number of amides is 3. The molecule has 0 saturated carbocycles. The predicted molar refractivity (Wildman–Crippen MR) is 147 cm³/mol. The van der Waals surface area contributed by atoms with Crippen LogP contribution in [0.1, 0.15) is 48.4 Å². The number of nitrogens with one attached hydrogen (secondary N) is 2. The van der Waals surface area contributed by atoms with Gasteiger partial charge in [0.05, 0.1) is 18.4 Å². The van der Waals surface area contributed by atoms with Crippen LogP contribution in [0.4, 0.5) is 5.69 Å². The van der Waals surface area contributed by atoms with Crippen LogP contribution in [-0.2, 0) is 36.8 Å². The summed E-state index contributed by atoms with van der Waals surface area (Å²) in [5.41, 5.74) is 7.02. The zero-order chi connectivity index (χ0) is 27.8. The van der Waals surface area contributed by atoms with Crippen molar-refractivity contribution >= 4 is 29.4 Å². The van der Waals surface area contributed by atoms with Crippen molar-refractivity contribution in [3.05, 3.63) is 101 Å². The van der Waals surface area contributed by atoms with Gasteiger partial charge in [0.2, 0.25) is 5.91 Å². The van der Waals surface area contributed by atoms with E-state index in [2.05, 4.69) is 10.7 Å². The lowest BCUT2D eigenvalue weighted by atomic mass is 9.91. The molecule has 1 heterocycles. The van der Waals surface area contributed by atoms with Gasteiger partial charge in [-0.25, -0.2) is 0 Å². The number of aryl methyl sites for hydroxylation is 2. The lowest BCUT2D eigenvalue weighted by molar-refractivity contribution is -0.151. The van der Waals surface area contributed by atoms with Gasteiger partial charge in [-0.05, 0) is 35.1 Å². The molecule has 1 saturated heterocycles.